The lowest BCUT2D eigenvalue weighted by atomic mass is 10.1. The molecule has 0 saturated heterocycles. The fourth-order valence-electron chi connectivity index (χ4n) is 2.86. The van der Waals surface area contributed by atoms with Crippen molar-refractivity contribution in [3.63, 3.8) is 0 Å². The number of sulfonamides is 1. The molecule has 2 atom stereocenters. The Labute approximate surface area is 142 Å². The van der Waals surface area contributed by atoms with Gasteiger partial charge in [0.05, 0.1) is 17.6 Å². The van der Waals surface area contributed by atoms with Crippen molar-refractivity contribution in [2.24, 2.45) is 5.92 Å². The van der Waals surface area contributed by atoms with Crippen LogP contribution in [0.5, 0.6) is 0 Å². The van der Waals surface area contributed by atoms with Gasteiger partial charge in [-0.1, -0.05) is 42.0 Å². The molecule has 1 aliphatic carbocycles. The maximum Gasteiger partial charge on any atom is 0.229 e. The van der Waals surface area contributed by atoms with Crippen LogP contribution in [0.3, 0.4) is 0 Å². The minimum absolute atomic E-state index is 0.0712. The van der Waals surface area contributed by atoms with Crippen LogP contribution in [-0.2, 0) is 14.8 Å². The average molecular weight is 344 g/mol. The predicted molar refractivity (Wildman–Crippen MR) is 95.6 cm³/mol. The van der Waals surface area contributed by atoms with Crippen LogP contribution in [0, 0.1) is 12.8 Å². The molecule has 1 aliphatic rings. The van der Waals surface area contributed by atoms with Gasteiger partial charge in [-0.3, -0.25) is 9.52 Å². The summed E-state index contributed by atoms with van der Waals surface area (Å²) < 4.78 is 25.3. The summed E-state index contributed by atoms with van der Waals surface area (Å²) in [6, 6.07) is 15.0. The fourth-order valence-corrected chi connectivity index (χ4v) is 3.44. The van der Waals surface area contributed by atoms with Crippen LogP contribution in [-0.4, -0.2) is 20.6 Å². The number of rotatable bonds is 5. The third kappa shape index (κ3) is 3.94. The summed E-state index contributed by atoms with van der Waals surface area (Å²) in [6.45, 7) is 2.04. The molecule has 0 unspecified atom stereocenters. The van der Waals surface area contributed by atoms with Crippen molar-refractivity contribution in [1.82, 2.24) is 0 Å². The Hall–Kier alpha value is -2.34. The highest BCUT2D eigenvalue weighted by atomic mass is 32.2. The smallest absolute Gasteiger partial charge is 0.229 e. The molecule has 0 spiro atoms. The van der Waals surface area contributed by atoms with E-state index in [0.29, 0.717) is 11.4 Å². The molecule has 24 heavy (non-hydrogen) atoms. The van der Waals surface area contributed by atoms with Crippen molar-refractivity contribution in [3.05, 3.63) is 59.7 Å². The van der Waals surface area contributed by atoms with Gasteiger partial charge < -0.3 is 5.32 Å². The molecule has 0 heterocycles. The second kappa shape index (κ2) is 6.28. The first-order valence-corrected chi connectivity index (χ1v) is 9.67. The van der Waals surface area contributed by atoms with Crippen LogP contribution in [0.2, 0.25) is 0 Å². The summed E-state index contributed by atoms with van der Waals surface area (Å²) in [4.78, 5) is 12.5. The number of anilines is 2. The highest BCUT2D eigenvalue weighted by Gasteiger charge is 2.44. The van der Waals surface area contributed by atoms with E-state index in [9.17, 15) is 13.2 Å². The maximum atomic E-state index is 12.5. The summed E-state index contributed by atoms with van der Waals surface area (Å²) in [5, 5.41) is 2.84. The second-order valence-corrected chi connectivity index (χ2v) is 8.02. The number of carbonyl (C=O) groups excluding carboxylic acids is 1. The first kappa shape index (κ1) is 16.5. The Morgan fingerprint density at radius 2 is 1.79 bits per heavy atom. The topological polar surface area (TPSA) is 75.3 Å². The number of nitrogens with one attached hydrogen (secondary N) is 2. The number of hydrogen-bond donors (Lipinski definition) is 2. The highest BCUT2D eigenvalue weighted by Crippen LogP contribution is 2.48. The van der Waals surface area contributed by atoms with Crippen molar-refractivity contribution in [3.8, 4) is 0 Å². The van der Waals surface area contributed by atoms with Crippen LogP contribution in [0.4, 0.5) is 11.4 Å². The van der Waals surface area contributed by atoms with Crippen molar-refractivity contribution in [2.45, 2.75) is 19.3 Å². The number of carbonyl (C=O) groups is 1. The second-order valence-electron chi connectivity index (χ2n) is 6.27. The molecule has 0 aliphatic heterocycles. The van der Waals surface area contributed by atoms with Crippen LogP contribution in [0.25, 0.3) is 0 Å². The summed E-state index contributed by atoms with van der Waals surface area (Å²) in [7, 11) is -3.40. The molecule has 2 aromatic carbocycles. The molecule has 126 valence electrons. The Morgan fingerprint density at radius 3 is 2.46 bits per heavy atom. The molecule has 1 saturated carbocycles. The van der Waals surface area contributed by atoms with Crippen LogP contribution in [0.1, 0.15) is 23.5 Å². The number of aryl methyl sites for hydroxylation is 1. The quantitative estimate of drug-likeness (QED) is 0.875. The van der Waals surface area contributed by atoms with Gasteiger partial charge in [0.1, 0.15) is 0 Å². The summed E-state index contributed by atoms with van der Waals surface area (Å²) in [5.74, 6) is 0.0854. The van der Waals surface area contributed by atoms with E-state index >= 15 is 0 Å². The zero-order valence-corrected chi connectivity index (χ0v) is 14.4. The van der Waals surface area contributed by atoms with Crippen LogP contribution >= 0.6 is 0 Å². The van der Waals surface area contributed by atoms with Gasteiger partial charge in [-0.2, -0.15) is 0 Å². The normalized spacial score (nSPS) is 19.6. The van der Waals surface area contributed by atoms with Crippen molar-refractivity contribution < 1.29 is 13.2 Å². The van der Waals surface area contributed by atoms with Gasteiger partial charge in [-0.25, -0.2) is 8.42 Å². The molecule has 0 aromatic heterocycles. The summed E-state index contributed by atoms with van der Waals surface area (Å²) >= 11 is 0. The van der Waals surface area contributed by atoms with Crippen LogP contribution < -0.4 is 10.0 Å². The van der Waals surface area contributed by atoms with Crippen molar-refractivity contribution in [1.29, 1.82) is 0 Å². The first-order chi connectivity index (χ1) is 11.3. The van der Waals surface area contributed by atoms with Gasteiger partial charge in [0, 0.05) is 5.92 Å². The molecule has 1 fully saturated rings. The van der Waals surface area contributed by atoms with E-state index in [1.54, 1.807) is 24.3 Å². The molecule has 3 rings (SSSR count). The summed E-state index contributed by atoms with van der Waals surface area (Å²) in [5.41, 5.74) is 3.21. The third-order valence-electron chi connectivity index (χ3n) is 4.08. The molecule has 0 bridgehead atoms. The molecule has 2 N–H and O–H groups in total. The average Bonchev–Trinajstić information content (AvgIpc) is 3.28. The Balaban J connectivity index is 1.71. The fraction of sp³-hybridized carbons (Fsp3) is 0.278. The van der Waals surface area contributed by atoms with E-state index < -0.39 is 10.0 Å². The molecular formula is C18H20N2O3S. The third-order valence-corrected chi connectivity index (χ3v) is 4.67. The molecule has 2 aromatic rings. The van der Waals surface area contributed by atoms with E-state index in [-0.39, 0.29) is 17.7 Å². The molecule has 0 radical (unpaired) electrons. The van der Waals surface area contributed by atoms with Gasteiger partial charge in [-0.15, -0.1) is 0 Å². The van der Waals surface area contributed by atoms with Crippen molar-refractivity contribution >= 4 is 27.3 Å². The highest BCUT2D eigenvalue weighted by molar-refractivity contribution is 7.92. The van der Waals surface area contributed by atoms with Crippen LogP contribution in [0.15, 0.2) is 48.5 Å². The molecular weight excluding hydrogens is 324 g/mol. The lowest BCUT2D eigenvalue weighted by Gasteiger charge is -2.12. The van der Waals surface area contributed by atoms with E-state index in [1.807, 2.05) is 25.1 Å². The zero-order chi connectivity index (χ0) is 17.3. The Morgan fingerprint density at radius 1 is 1.08 bits per heavy atom. The minimum Gasteiger partial charge on any atom is -0.324 e. The van der Waals surface area contributed by atoms with E-state index in [0.717, 1.165) is 12.7 Å². The zero-order valence-electron chi connectivity index (χ0n) is 13.6. The number of amides is 1. The predicted octanol–water partition coefficient (Wildman–Crippen LogP) is 3.11. The number of hydrogen-bond acceptors (Lipinski definition) is 3. The lowest BCUT2D eigenvalue weighted by molar-refractivity contribution is -0.117. The number of para-hydroxylation sites is 2. The van der Waals surface area contributed by atoms with E-state index in [2.05, 4.69) is 16.1 Å². The minimum atomic E-state index is -3.40. The largest absolute Gasteiger partial charge is 0.324 e. The first-order valence-electron chi connectivity index (χ1n) is 7.78. The molecule has 5 nitrogen and oxygen atoms in total. The monoisotopic (exact) mass is 344 g/mol. The van der Waals surface area contributed by atoms with Gasteiger partial charge in [0.2, 0.25) is 15.9 Å². The van der Waals surface area contributed by atoms with Crippen molar-refractivity contribution in [2.75, 3.05) is 16.3 Å². The standard InChI is InChI=1S/C18H20N2O3S/c1-12-6-5-7-13(10-12)14-11-15(14)18(21)19-16-8-3-4-9-17(16)20-24(2,22)23/h3-10,14-15,20H,11H2,1-2H3,(H,19,21)/t14-,15+/m1/s1. The Bertz CT molecular complexity index is 877. The van der Waals surface area contributed by atoms with Gasteiger partial charge in [0.15, 0.2) is 0 Å². The maximum absolute atomic E-state index is 12.5. The lowest BCUT2D eigenvalue weighted by Crippen LogP contribution is -2.17. The van der Waals surface area contributed by atoms with E-state index in [4.69, 9.17) is 0 Å². The van der Waals surface area contributed by atoms with Gasteiger partial charge in [0.25, 0.3) is 0 Å². The molecule has 1 amide bonds. The SMILES string of the molecule is Cc1cccc([C@H]2C[C@@H]2C(=O)Nc2ccccc2NS(C)(=O)=O)c1. The molecule has 6 heteroatoms. The van der Waals surface area contributed by atoms with Gasteiger partial charge >= 0.3 is 0 Å². The Kier molecular flexibility index (Phi) is 4.32. The summed E-state index contributed by atoms with van der Waals surface area (Å²) in [6.07, 6.45) is 1.90. The number of benzene rings is 2. The van der Waals surface area contributed by atoms with Gasteiger partial charge in [-0.05, 0) is 37.0 Å². The van der Waals surface area contributed by atoms with E-state index in [1.165, 1.54) is 11.1 Å².